The van der Waals surface area contributed by atoms with E-state index in [1.165, 1.54) is 39.6 Å². The number of hydrogen-bond acceptors (Lipinski definition) is 0. The van der Waals surface area contributed by atoms with Crippen LogP contribution in [-0.2, 0) is 6.54 Å². The van der Waals surface area contributed by atoms with Crippen LogP contribution in [0.5, 0.6) is 0 Å². The molecule has 3 aliphatic carbocycles. The van der Waals surface area contributed by atoms with E-state index >= 15 is 0 Å². The molecule has 2 aromatic carbocycles. The first-order valence-electron chi connectivity index (χ1n) is 10.1. The van der Waals surface area contributed by atoms with Gasteiger partial charge >= 0.3 is 0 Å². The standard InChI is InChI=1S/C25H31IN/c1-25(2)21-14-13-20(23(25)15-21)17-27(3,4)16-18-9-11-19(12-10-18)22-7-5-6-8-24(22)26/h5-13,21,23H,14-17H2,1-4H3/q+1/t21-,23-/m0/s1. The van der Waals surface area contributed by atoms with Crippen LogP contribution >= 0.6 is 22.6 Å². The van der Waals surface area contributed by atoms with Crippen LogP contribution in [-0.4, -0.2) is 25.1 Å². The molecule has 142 valence electrons. The molecule has 0 heterocycles. The maximum atomic E-state index is 2.56. The van der Waals surface area contributed by atoms with Crippen LogP contribution in [0.4, 0.5) is 0 Å². The zero-order valence-corrected chi connectivity index (χ0v) is 19.2. The number of rotatable bonds is 5. The quantitative estimate of drug-likeness (QED) is 0.264. The number of benzene rings is 2. The van der Waals surface area contributed by atoms with Crippen molar-refractivity contribution < 1.29 is 4.48 Å². The topological polar surface area (TPSA) is 0 Å². The maximum Gasteiger partial charge on any atom is 0.104 e. The summed E-state index contributed by atoms with van der Waals surface area (Å²) in [4.78, 5) is 0. The van der Waals surface area contributed by atoms with Gasteiger partial charge in [0.05, 0.1) is 14.1 Å². The van der Waals surface area contributed by atoms with Crippen molar-refractivity contribution in [2.45, 2.75) is 33.2 Å². The summed E-state index contributed by atoms with van der Waals surface area (Å²) < 4.78 is 2.34. The van der Waals surface area contributed by atoms with Crippen LogP contribution in [0.25, 0.3) is 11.1 Å². The minimum atomic E-state index is 0.526. The fourth-order valence-electron chi connectivity index (χ4n) is 5.19. The van der Waals surface area contributed by atoms with E-state index in [-0.39, 0.29) is 0 Å². The molecule has 2 heteroatoms. The second-order valence-electron chi connectivity index (χ2n) is 9.75. The number of allylic oxidation sites excluding steroid dienone is 1. The van der Waals surface area contributed by atoms with Gasteiger partial charge in [-0.05, 0) is 75.4 Å². The average Bonchev–Trinajstić information content (AvgIpc) is 2.62. The zero-order valence-electron chi connectivity index (χ0n) is 17.0. The summed E-state index contributed by atoms with van der Waals surface area (Å²) in [7, 11) is 4.76. The number of likely N-dealkylation sites (N-methyl/N-ethyl adjacent to an activating group) is 1. The van der Waals surface area contributed by atoms with Crippen molar-refractivity contribution in [2.24, 2.45) is 17.3 Å². The average molecular weight is 472 g/mol. The number of quaternary nitrogens is 1. The molecule has 2 aromatic rings. The van der Waals surface area contributed by atoms with Crippen molar-refractivity contribution in [2.75, 3.05) is 20.6 Å². The van der Waals surface area contributed by atoms with E-state index in [0.717, 1.165) is 22.9 Å². The zero-order chi connectivity index (χ0) is 19.2. The largest absolute Gasteiger partial charge is 0.321 e. The number of hydrogen-bond donors (Lipinski definition) is 0. The normalized spacial score (nSPS) is 23.5. The summed E-state index contributed by atoms with van der Waals surface area (Å²) >= 11 is 2.42. The lowest BCUT2D eigenvalue weighted by molar-refractivity contribution is -0.899. The molecule has 0 N–H and O–H groups in total. The van der Waals surface area contributed by atoms with Crippen molar-refractivity contribution in [1.29, 1.82) is 0 Å². The summed E-state index contributed by atoms with van der Waals surface area (Å²) in [5, 5.41) is 0. The van der Waals surface area contributed by atoms with E-state index in [4.69, 9.17) is 0 Å². The Morgan fingerprint density at radius 3 is 2.33 bits per heavy atom. The van der Waals surface area contributed by atoms with Crippen LogP contribution in [0.15, 0.2) is 60.2 Å². The van der Waals surface area contributed by atoms with Gasteiger partial charge in [-0.1, -0.05) is 62.4 Å². The Kier molecular flexibility index (Phi) is 5.00. The van der Waals surface area contributed by atoms with E-state index in [2.05, 4.69) is 105 Å². The highest BCUT2D eigenvalue weighted by Crippen LogP contribution is 2.59. The third-order valence-electron chi connectivity index (χ3n) is 6.94. The third kappa shape index (κ3) is 3.75. The molecule has 2 bridgehead atoms. The van der Waals surface area contributed by atoms with Gasteiger partial charge in [-0.15, -0.1) is 0 Å². The minimum absolute atomic E-state index is 0.526. The van der Waals surface area contributed by atoms with Gasteiger partial charge in [0.1, 0.15) is 13.1 Å². The first-order chi connectivity index (χ1) is 12.8. The Labute approximate surface area is 178 Å². The first-order valence-corrected chi connectivity index (χ1v) is 11.2. The molecule has 1 fully saturated rings. The van der Waals surface area contributed by atoms with Crippen LogP contribution < -0.4 is 0 Å². The van der Waals surface area contributed by atoms with E-state index in [1.54, 1.807) is 5.57 Å². The monoisotopic (exact) mass is 472 g/mol. The lowest BCUT2D eigenvalue weighted by atomic mass is 9.49. The summed E-state index contributed by atoms with van der Waals surface area (Å²) in [6.07, 6.45) is 5.27. The van der Waals surface area contributed by atoms with E-state index in [0.29, 0.717) is 5.41 Å². The van der Waals surface area contributed by atoms with Crippen molar-refractivity contribution in [3.8, 4) is 11.1 Å². The van der Waals surface area contributed by atoms with Crippen LogP contribution in [0.2, 0.25) is 0 Å². The van der Waals surface area contributed by atoms with Crippen molar-refractivity contribution in [1.82, 2.24) is 0 Å². The van der Waals surface area contributed by atoms with Gasteiger partial charge in [0.25, 0.3) is 0 Å². The lowest BCUT2D eigenvalue weighted by Gasteiger charge is -2.57. The highest BCUT2D eigenvalue weighted by atomic mass is 127. The minimum Gasteiger partial charge on any atom is -0.321 e. The fourth-order valence-corrected chi connectivity index (χ4v) is 5.88. The molecule has 1 nitrogen and oxygen atoms in total. The summed E-state index contributed by atoms with van der Waals surface area (Å²) in [5.41, 5.74) is 6.30. The Bertz CT molecular complexity index is 860. The number of fused-ring (bicyclic) bond motifs is 1. The van der Waals surface area contributed by atoms with Crippen molar-refractivity contribution in [3.05, 3.63) is 69.3 Å². The second-order valence-corrected chi connectivity index (χ2v) is 10.9. The van der Waals surface area contributed by atoms with Gasteiger partial charge in [0.15, 0.2) is 0 Å². The third-order valence-corrected chi connectivity index (χ3v) is 7.88. The van der Waals surface area contributed by atoms with Crippen molar-refractivity contribution >= 4 is 22.6 Å². The maximum absolute atomic E-state index is 2.56. The van der Waals surface area contributed by atoms with E-state index < -0.39 is 0 Å². The number of halogens is 1. The SMILES string of the molecule is CC1(C)[C@H]2CC=C(C[N+](C)(C)Cc3ccc(-c4ccccc4I)cc3)[C@@H]1C2. The molecule has 0 radical (unpaired) electrons. The molecule has 1 saturated carbocycles. The Morgan fingerprint density at radius 1 is 1.00 bits per heavy atom. The predicted molar refractivity (Wildman–Crippen MR) is 123 cm³/mol. The molecule has 27 heavy (non-hydrogen) atoms. The molecule has 3 aliphatic rings. The predicted octanol–water partition coefficient (Wildman–Crippen LogP) is 6.53. The summed E-state index contributed by atoms with van der Waals surface area (Å²) in [5.74, 6) is 1.74. The van der Waals surface area contributed by atoms with Gasteiger partial charge < -0.3 is 4.48 Å². The molecular weight excluding hydrogens is 441 g/mol. The highest BCUT2D eigenvalue weighted by molar-refractivity contribution is 14.1. The molecule has 2 atom stereocenters. The first kappa shape index (κ1) is 19.2. The molecule has 0 unspecified atom stereocenters. The van der Waals surface area contributed by atoms with Gasteiger partial charge in [0, 0.05) is 9.13 Å². The van der Waals surface area contributed by atoms with E-state index in [1.807, 2.05) is 0 Å². The number of nitrogens with zero attached hydrogens (tertiary/aromatic N) is 1. The molecule has 0 saturated heterocycles. The van der Waals surface area contributed by atoms with E-state index in [9.17, 15) is 0 Å². The molecule has 5 rings (SSSR count). The molecule has 0 amide bonds. The smallest absolute Gasteiger partial charge is 0.104 e. The highest BCUT2D eigenvalue weighted by Gasteiger charge is 2.52. The molecule has 0 spiro atoms. The Morgan fingerprint density at radius 2 is 1.70 bits per heavy atom. The lowest BCUT2D eigenvalue weighted by Crippen LogP contribution is -2.52. The van der Waals surface area contributed by atoms with Gasteiger partial charge in [-0.25, -0.2) is 0 Å². The van der Waals surface area contributed by atoms with Crippen LogP contribution in [0.3, 0.4) is 0 Å². The van der Waals surface area contributed by atoms with Crippen LogP contribution in [0.1, 0.15) is 32.3 Å². The Balaban J connectivity index is 1.45. The van der Waals surface area contributed by atoms with Crippen LogP contribution in [0, 0.1) is 20.8 Å². The second kappa shape index (κ2) is 7.04. The van der Waals surface area contributed by atoms with Gasteiger partial charge in [0.2, 0.25) is 0 Å². The summed E-state index contributed by atoms with van der Waals surface area (Å²) in [6.45, 7) is 7.21. The summed E-state index contributed by atoms with van der Waals surface area (Å²) in [6, 6.07) is 17.8. The van der Waals surface area contributed by atoms with Gasteiger partial charge in [-0.3, -0.25) is 0 Å². The molecule has 0 aliphatic heterocycles. The fraction of sp³-hybridized carbons (Fsp3) is 0.440. The van der Waals surface area contributed by atoms with Gasteiger partial charge in [-0.2, -0.15) is 0 Å². The Hall–Kier alpha value is -1.13. The molecule has 0 aromatic heterocycles. The molecular formula is C25H31IN+. The van der Waals surface area contributed by atoms with Crippen molar-refractivity contribution in [3.63, 3.8) is 0 Å².